The molecule has 0 radical (unpaired) electrons. The zero-order valence-corrected chi connectivity index (χ0v) is 19.0. The second-order valence-electron chi connectivity index (χ2n) is 7.41. The van der Waals surface area contributed by atoms with Crippen LogP contribution in [0.3, 0.4) is 0 Å². The lowest BCUT2D eigenvalue weighted by Gasteiger charge is -2.39. The third-order valence-corrected chi connectivity index (χ3v) is 7.82. The van der Waals surface area contributed by atoms with E-state index in [2.05, 4.69) is 45.1 Å². The van der Waals surface area contributed by atoms with Gasteiger partial charge in [0, 0.05) is 36.7 Å². The van der Waals surface area contributed by atoms with Gasteiger partial charge in [0.05, 0.1) is 10.9 Å². The van der Waals surface area contributed by atoms with Crippen LogP contribution < -0.4 is 0 Å². The highest BCUT2D eigenvalue weighted by Gasteiger charge is 2.32. The highest BCUT2D eigenvalue weighted by Crippen LogP contribution is 2.31. The van der Waals surface area contributed by atoms with Gasteiger partial charge in [-0.3, -0.25) is 4.90 Å². The minimum atomic E-state index is -3.97. The van der Waals surface area contributed by atoms with Gasteiger partial charge in [-0.25, -0.2) is 17.2 Å². The fourth-order valence-electron chi connectivity index (χ4n) is 3.92. The Kier molecular flexibility index (Phi) is 6.52. The zero-order chi connectivity index (χ0) is 22.0. The smallest absolute Gasteiger partial charge is 0.243 e. The van der Waals surface area contributed by atoms with E-state index in [1.807, 2.05) is 30.3 Å². The Bertz CT molecular complexity index is 1130. The highest BCUT2D eigenvalue weighted by atomic mass is 79.9. The van der Waals surface area contributed by atoms with Crippen LogP contribution >= 0.6 is 15.9 Å². The van der Waals surface area contributed by atoms with Gasteiger partial charge in [0.1, 0.15) is 11.6 Å². The third kappa shape index (κ3) is 4.87. The van der Waals surface area contributed by atoms with E-state index >= 15 is 0 Å². The van der Waals surface area contributed by atoms with E-state index < -0.39 is 21.7 Å². The molecule has 1 aliphatic heterocycles. The molecule has 0 saturated carbocycles. The van der Waals surface area contributed by atoms with Crippen molar-refractivity contribution in [1.82, 2.24) is 9.21 Å². The minimum Gasteiger partial charge on any atom is -0.290 e. The summed E-state index contributed by atoms with van der Waals surface area (Å²) in [5, 5.41) is 0. The first kappa shape index (κ1) is 22.1. The number of hydrogen-bond donors (Lipinski definition) is 0. The van der Waals surface area contributed by atoms with Gasteiger partial charge in [0.15, 0.2) is 0 Å². The van der Waals surface area contributed by atoms with Crippen LogP contribution in [0.5, 0.6) is 0 Å². The second kappa shape index (κ2) is 9.16. The molecule has 31 heavy (non-hydrogen) atoms. The Balaban J connectivity index is 1.57. The van der Waals surface area contributed by atoms with Gasteiger partial charge in [-0.2, -0.15) is 4.31 Å². The molecule has 1 atom stereocenters. The van der Waals surface area contributed by atoms with Crippen LogP contribution in [0.25, 0.3) is 0 Å². The Morgan fingerprint density at radius 1 is 0.774 bits per heavy atom. The van der Waals surface area contributed by atoms with Crippen LogP contribution in [0.1, 0.15) is 17.2 Å². The van der Waals surface area contributed by atoms with Crippen molar-refractivity contribution >= 4 is 26.0 Å². The topological polar surface area (TPSA) is 40.6 Å². The first-order chi connectivity index (χ1) is 14.8. The lowest BCUT2D eigenvalue weighted by atomic mass is 9.96. The van der Waals surface area contributed by atoms with Crippen LogP contribution in [-0.2, 0) is 10.0 Å². The maximum atomic E-state index is 13.6. The van der Waals surface area contributed by atoms with E-state index in [0.29, 0.717) is 19.2 Å². The number of hydrogen-bond acceptors (Lipinski definition) is 3. The molecule has 0 N–H and O–H groups in total. The summed E-state index contributed by atoms with van der Waals surface area (Å²) in [5.74, 6) is -1.81. The van der Waals surface area contributed by atoms with E-state index in [1.165, 1.54) is 4.31 Å². The molecule has 1 saturated heterocycles. The predicted molar refractivity (Wildman–Crippen MR) is 119 cm³/mol. The summed E-state index contributed by atoms with van der Waals surface area (Å²) in [6.07, 6.45) is 0. The Hall–Kier alpha value is -2.13. The molecule has 0 aliphatic carbocycles. The molecule has 0 amide bonds. The highest BCUT2D eigenvalue weighted by molar-refractivity contribution is 9.10. The van der Waals surface area contributed by atoms with Crippen molar-refractivity contribution in [1.29, 1.82) is 0 Å². The molecule has 0 spiro atoms. The van der Waals surface area contributed by atoms with E-state index in [0.717, 1.165) is 27.7 Å². The van der Waals surface area contributed by atoms with Crippen molar-refractivity contribution in [2.45, 2.75) is 10.9 Å². The Morgan fingerprint density at radius 3 is 1.90 bits per heavy atom. The summed E-state index contributed by atoms with van der Waals surface area (Å²) in [4.78, 5) is 1.88. The van der Waals surface area contributed by atoms with Gasteiger partial charge in [0.2, 0.25) is 10.0 Å². The van der Waals surface area contributed by atoms with E-state index in [9.17, 15) is 17.2 Å². The summed E-state index contributed by atoms with van der Waals surface area (Å²) in [6, 6.07) is 20.5. The fraction of sp³-hybridized carbons (Fsp3) is 0.217. The molecule has 1 fully saturated rings. The third-order valence-electron chi connectivity index (χ3n) is 5.41. The number of halogens is 3. The van der Waals surface area contributed by atoms with Gasteiger partial charge in [-0.15, -0.1) is 0 Å². The van der Waals surface area contributed by atoms with E-state index in [1.54, 1.807) is 0 Å². The molecule has 3 aromatic rings. The Morgan fingerprint density at radius 2 is 1.32 bits per heavy atom. The van der Waals surface area contributed by atoms with Crippen molar-refractivity contribution < 1.29 is 17.2 Å². The van der Waals surface area contributed by atoms with E-state index in [-0.39, 0.29) is 24.0 Å². The van der Waals surface area contributed by atoms with Gasteiger partial charge in [0.25, 0.3) is 0 Å². The summed E-state index contributed by atoms with van der Waals surface area (Å²) in [7, 11) is -3.97. The SMILES string of the molecule is O=S(=O)(c1cc(F)cc(F)c1)N1CCN(C(c2ccccc2)c2ccc(Br)cc2)CC1. The standard InChI is InChI=1S/C23H21BrF2N2O2S/c24-19-8-6-18(7-9-19)23(17-4-2-1-3-5-17)27-10-12-28(13-11-27)31(29,30)22-15-20(25)14-21(26)16-22/h1-9,14-16,23H,10-13H2. The molecular formula is C23H21BrF2N2O2S. The molecule has 1 unspecified atom stereocenters. The maximum Gasteiger partial charge on any atom is 0.243 e. The summed E-state index contributed by atoms with van der Waals surface area (Å²) >= 11 is 3.47. The fourth-order valence-corrected chi connectivity index (χ4v) is 5.65. The van der Waals surface area contributed by atoms with Gasteiger partial charge < -0.3 is 0 Å². The van der Waals surface area contributed by atoms with Crippen LogP contribution in [0.2, 0.25) is 0 Å². The van der Waals surface area contributed by atoms with Crippen LogP contribution in [0, 0.1) is 11.6 Å². The second-order valence-corrected chi connectivity index (χ2v) is 10.3. The maximum absolute atomic E-state index is 13.6. The molecule has 8 heteroatoms. The largest absolute Gasteiger partial charge is 0.290 e. The molecule has 4 rings (SSSR count). The van der Waals surface area contributed by atoms with Crippen LogP contribution in [-0.4, -0.2) is 43.8 Å². The molecule has 1 heterocycles. The minimum absolute atomic E-state index is 0.0224. The normalized spacial score (nSPS) is 16.9. The monoisotopic (exact) mass is 506 g/mol. The summed E-state index contributed by atoms with van der Waals surface area (Å²) < 4.78 is 55.2. The van der Waals surface area contributed by atoms with Crippen molar-refractivity contribution in [3.63, 3.8) is 0 Å². The first-order valence-electron chi connectivity index (χ1n) is 9.85. The molecule has 3 aromatic carbocycles. The predicted octanol–water partition coefficient (Wildman–Crippen LogP) is 4.82. The van der Waals surface area contributed by atoms with Crippen molar-refractivity contribution in [3.05, 3.63) is 100 Å². The lowest BCUT2D eigenvalue weighted by molar-refractivity contribution is 0.155. The molecule has 1 aliphatic rings. The van der Waals surface area contributed by atoms with E-state index in [4.69, 9.17) is 0 Å². The van der Waals surface area contributed by atoms with Crippen molar-refractivity contribution in [2.75, 3.05) is 26.2 Å². The molecule has 0 bridgehead atoms. The number of rotatable bonds is 5. The molecule has 0 aromatic heterocycles. The number of nitrogens with zero attached hydrogens (tertiary/aromatic N) is 2. The summed E-state index contributed by atoms with van der Waals surface area (Å²) in [6.45, 7) is 1.46. The average Bonchev–Trinajstić information content (AvgIpc) is 2.76. The van der Waals surface area contributed by atoms with Gasteiger partial charge in [-0.1, -0.05) is 58.4 Å². The first-order valence-corrected chi connectivity index (χ1v) is 12.1. The zero-order valence-electron chi connectivity index (χ0n) is 16.6. The lowest BCUT2D eigenvalue weighted by Crippen LogP contribution is -2.49. The van der Waals surface area contributed by atoms with Gasteiger partial charge in [-0.05, 0) is 35.4 Å². The quantitative estimate of drug-likeness (QED) is 0.497. The molecule has 162 valence electrons. The average molecular weight is 507 g/mol. The molecule has 4 nitrogen and oxygen atoms in total. The van der Waals surface area contributed by atoms with Gasteiger partial charge >= 0.3 is 0 Å². The van der Waals surface area contributed by atoms with Crippen molar-refractivity contribution in [3.8, 4) is 0 Å². The summed E-state index contributed by atoms with van der Waals surface area (Å²) in [5.41, 5.74) is 2.23. The van der Waals surface area contributed by atoms with Crippen LogP contribution in [0.4, 0.5) is 8.78 Å². The Labute approximate surface area is 189 Å². The number of benzene rings is 3. The number of piperazine rings is 1. The van der Waals surface area contributed by atoms with Crippen molar-refractivity contribution in [2.24, 2.45) is 0 Å². The van der Waals surface area contributed by atoms with Crippen LogP contribution in [0.15, 0.2) is 82.2 Å². The number of sulfonamides is 1. The molecular weight excluding hydrogens is 486 g/mol.